The van der Waals surface area contributed by atoms with E-state index >= 15 is 0 Å². The first-order valence-corrected chi connectivity index (χ1v) is 6.86. The summed E-state index contributed by atoms with van der Waals surface area (Å²) in [6.45, 7) is 1.58. The molecule has 1 aliphatic carbocycles. The summed E-state index contributed by atoms with van der Waals surface area (Å²) >= 11 is 5.62. The molecule has 0 bridgehead atoms. The number of hydrogen-bond donors (Lipinski definition) is 1. The zero-order valence-corrected chi connectivity index (χ0v) is 12.5. The van der Waals surface area contributed by atoms with Crippen molar-refractivity contribution in [1.82, 2.24) is 0 Å². The van der Waals surface area contributed by atoms with Crippen LogP contribution >= 0.6 is 11.6 Å². The third-order valence-corrected chi connectivity index (χ3v) is 4.23. The van der Waals surface area contributed by atoms with E-state index in [1.807, 2.05) is 0 Å². The molecule has 0 saturated carbocycles. The van der Waals surface area contributed by atoms with E-state index in [9.17, 15) is 27.5 Å². The number of rotatable bonds is 2. The third-order valence-electron chi connectivity index (χ3n) is 3.95. The number of methoxy groups -OCH3 is 1. The van der Waals surface area contributed by atoms with Crippen LogP contribution in [0, 0.1) is 5.82 Å². The van der Waals surface area contributed by atoms with Crippen molar-refractivity contribution in [3.63, 3.8) is 0 Å². The minimum Gasteiger partial charge on any atom is -0.493 e. The molecule has 0 spiro atoms. The quantitative estimate of drug-likeness (QED) is 0.832. The second-order valence-corrected chi connectivity index (χ2v) is 5.57. The predicted octanol–water partition coefficient (Wildman–Crippen LogP) is 3.86. The summed E-state index contributed by atoms with van der Waals surface area (Å²) < 4.78 is 58.3. The molecule has 1 aromatic carbocycles. The van der Waals surface area contributed by atoms with Gasteiger partial charge in [0.2, 0.25) is 11.4 Å². The van der Waals surface area contributed by atoms with Crippen molar-refractivity contribution in [2.24, 2.45) is 0 Å². The lowest BCUT2D eigenvalue weighted by molar-refractivity contribution is -0.241. The highest BCUT2D eigenvalue weighted by Crippen LogP contribution is 2.50. The van der Waals surface area contributed by atoms with E-state index < -0.39 is 46.3 Å². The molecule has 8 heteroatoms. The Morgan fingerprint density at radius 1 is 1.50 bits per heavy atom. The van der Waals surface area contributed by atoms with Gasteiger partial charge in [0.25, 0.3) is 0 Å². The van der Waals surface area contributed by atoms with Crippen molar-refractivity contribution >= 4 is 17.4 Å². The highest BCUT2D eigenvalue weighted by atomic mass is 35.5. The lowest BCUT2D eigenvalue weighted by Gasteiger charge is -2.38. The summed E-state index contributed by atoms with van der Waals surface area (Å²) in [4.78, 5) is 12.2. The maximum atomic E-state index is 14.0. The van der Waals surface area contributed by atoms with Crippen molar-refractivity contribution in [2.75, 3.05) is 7.11 Å². The van der Waals surface area contributed by atoms with Crippen molar-refractivity contribution in [3.8, 4) is 5.75 Å². The number of hydrogen-bond acceptors (Lipinski definition) is 3. The second kappa shape index (κ2) is 5.38. The highest BCUT2D eigenvalue weighted by molar-refractivity contribution is 6.31. The fraction of sp³-hybridized carbons (Fsp3) is 0.500. The number of carbonyl (C=O) groups excluding carboxylic acids is 1. The molecule has 0 radical (unpaired) electrons. The number of carbonyl (C=O) groups is 1. The Hall–Kier alpha value is -1.34. The lowest BCUT2D eigenvalue weighted by Crippen LogP contribution is -2.55. The number of ketones is 1. The molecule has 2 rings (SSSR count). The topological polar surface area (TPSA) is 46.5 Å². The van der Waals surface area contributed by atoms with Crippen LogP contribution in [-0.2, 0) is 0 Å². The highest BCUT2D eigenvalue weighted by Gasteiger charge is 2.62. The fourth-order valence-corrected chi connectivity index (χ4v) is 2.97. The Morgan fingerprint density at radius 2 is 2.09 bits per heavy atom. The van der Waals surface area contributed by atoms with E-state index in [4.69, 9.17) is 16.3 Å². The van der Waals surface area contributed by atoms with Crippen LogP contribution in [0.25, 0.3) is 0 Å². The Kier molecular flexibility index (Phi) is 4.16. The molecule has 1 N–H and O–H groups in total. The van der Waals surface area contributed by atoms with Crippen LogP contribution in [-0.4, -0.2) is 29.8 Å². The first-order chi connectivity index (χ1) is 10.1. The molecule has 3 nitrogen and oxygen atoms in total. The Balaban J connectivity index is 2.77. The Bertz CT molecular complexity index is 629. The fourth-order valence-electron chi connectivity index (χ4n) is 2.78. The van der Waals surface area contributed by atoms with Crippen molar-refractivity contribution in [3.05, 3.63) is 28.0 Å². The van der Waals surface area contributed by atoms with Crippen LogP contribution in [0.5, 0.6) is 5.75 Å². The summed E-state index contributed by atoms with van der Waals surface area (Å²) in [6, 6.07) is 0.815. The SMILES string of the molecule is CCC1CC(O)(C(F)(F)F)C(=O)c2cc(Cl)c(F)c(OC)c21. The molecule has 0 amide bonds. The molecule has 0 aliphatic heterocycles. The first-order valence-electron chi connectivity index (χ1n) is 6.48. The number of aliphatic hydroxyl groups is 1. The maximum absolute atomic E-state index is 14.0. The minimum atomic E-state index is -5.14. The van der Waals surface area contributed by atoms with Gasteiger partial charge in [-0.1, -0.05) is 18.5 Å². The number of ether oxygens (including phenoxy) is 1. The molecule has 0 fully saturated rings. The van der Waals surface area contributed by atoms with Crippen LogP contribution in [0.15, 0.2) is 6.07 Å². The van der Waals surface area contributed by atoms with Gasteiger partial charge in [0.05, 0.1) is 12.1 Å². The average molecular weight is 341 g/mol. The summed E-state index contributed by atoms with van der Waals surface area (Å²) in [7, 11) is 1.14. The number of fused-ring (bicyclic) bond motifs is 1. The average Bonchev–Trinajstić information content (AvgIpc) is 2.44. The molecular formula is C14H13ClF4O3. The van der Waals surface area contributed by atoms with E-state index in [1.54, 1.807) is 6.92 Å². The van der Waals surface area contributed by atoms with Gasteiger partial charge in [-0.05, 0) is 24.8 Å². The number of alkyl halides is 3. The molecule has 1 aromatic rings. The van der Waals surface area contributed by atoms with Crippen molar-refractivity contribution < 1.29 is 32.2 Å². The van der Waals surface area contributed by atoms with Gasteiger partial charge in [-0.15, -0.1) is 0 Å². The maximum Gasteiger partial charge on any atom is 0.424 e. The van der Waals surface area contributed by atoms with Crippen molar-refractivity contribution in [1.29, 1.82) is 0 Å². The Labute approximate surface area is 128 Å². The van der Waals surface area contributed by atoms with E-state index in [2.05, 4.69) is 0 Å². The van der Waals surface area contributed by atoms with Crippen LogP contribution in [0.3, 0.4) is 0 Å². The normalized spacial score (nSPS) is 25.1. The first kappa shape index (κ1) is 17.0. The molecule has 0 saturated heterocycles. The van der Waals surface area contributed by atoms with Gasteiger partial charge < -0.3 is 9.84 Å². The van der Waals surface area contributed by atoms with Gasteiger partial charge in [-0.3, -0.25) is 4.79 Å². The molecule has 122 valence electrons. The summed E-state index contributed by atoms with van der Waals surface area (Å²) in [6.07, 6.45) is -5.85. The number of benzene rings is 1. The van der Waals surface area contributed by atoms with Gasteiger partial charge in [-0.2, -0.15) is 13.2 Å². The summed E-state index contributed by atoms with van der Waals surface area (Å²) in [5, 5.41) is 9.36. The predicted molar refractivity (Wildman–Crippen MR) is 70.9 cm³/mol. The van der Waals surface area contributed by atoms with Crippen LogP contribution in [0.2, 0.25) is 5.02 Å². The molecule has 0 heterocycles. The van der Waals surface area contributed by atoms with Crippen LogP contribution in [0.1, 0.15) is 41.6 Å². The summed E-state index contributed by atoms with van der Waals surface area (Å²) in [5.74, 6) is -3.72. The molecule has 2 atom stereocenters. The standard InChI is InChI=1S/C14H13ClF4O3/c1-3-6-5-13(21,14(17,18)19)12(20)7-4-8(15)10(16)11(22-2)9(6)7/h4,6,21H,3,5H2,1-2H3. The van der Waals surface area contributed by atoms with Crippen LogP contribution < -0.4 is 4.74 Å². The van der Waals surface area contributed by atoms with E-state index in [1.165, 1.54) is 0 Å². The molecule has 1 aliphatic rings. The molecule has 22 heavy (non-hydrogen) atoms. The Morgan fingerprint density at radius 3 is 2.55 bits per heavy atom. The van der Waals surface area contributed by atoms with Gasteiger partial charge in [0.15, 0.2) is 11.6 Å². The largest absolute Gasteiger partial charge is 0.493 e. The van der Waals surface area contributed by atoms with Gasteiger partial charge in [0.1, 0.15) is 0 Å². The summed E-state index contributed by atoms with van der Waals surface area (Å²) in [5.41, 5.74) is -3.95. The van der Waals surface area contributed by atoms with E-state index in [0.29, 0.717) is 0 Å². The van der Waals surface area contributed by atoms with E-state index in [-0.39, 0.29) is 17.7 Å². The number of Topliss-reactive ketones (excluding diaryl/α,β-unsaturated/α-hetero) is 1. The van der Waals surface area contributed by atoms with E-state index in [0.717, 1.165) is 13.2 Å². The smallest absolute Gasteiger partial charge is 0.424 e. The number of halogens is 5. The van der Waals surface area contributed by atoms with Crippen molar-refractivity contribution in [2.45, 2.75) is 37.5 Å². The second-order valence-electron chi connectivity index (χ2n) is 5.16. The minimum absolute atomic E-state index is 0.0193. The monoisotopic (exact) mass is 340 g/mol. The molecule has 2 unspecified atom stereocenters. The zero-order valence-electron chi connectivity index (χ0n) is 11.7. The van der Waals surface area contributed by atoms with Gasteiger partial charge in [-0.25, -0.2) is 4.39 Å². The van der Waals surface area contributed by atoms with Gasteiger partial charge in [0, 0.05) is 11.1 Å². The van der Waals surface area contributed by atoms with Crippen LogP contribution in [0.4, 0.5) is 17.6 Å². The molecular weight excluding hydrogens is 328 g/mol. The third kappa shape index (κ3) is 2.27. The zero-order chi connectivity index (χ0) is 16.9. The molecule has 0 aromatic heterocycles. The lowest BCUT2D eigenvalue weighted by atomic mass is 9.71. The van der Waals surface area contributed by atoms with Gasteiger partial charge >= 0.3 is 6.18 Å².